The second-order valence-corrected chi connectivity index (χ2v) is 6.20. The van der Waals surface area contributed by atoms with Gasteiger partial charge in [-0.3, -0.25) is 5.41 Å². The van der Waals surface area contributed by atoms with Crippen LogP contribution in [-0.4, -0.2) is 45.2 Å². The van der Waals surface area contributed by atoms with Crippen molar-refractivity contribution in [2.75, 3.05) is 39.3 Å². The minimum absolute atomic E-state index is 0.394. The molecule has 0 aromatic heterocycles. The Bertz CT molecular complexity index is 423. The van der Waals surface area contributed by atoms with Crippen LogP contribution in [0.4, 0.5) is 0 Å². The zero-order chi connectivity index (χ0) is 18.0. The number of benzene rings is 1. The minimum Gasteiger partial charge on any atom is -0.357 e. The Hall–Kier alpha value is -1.63. The molecule has 0 heterocycles. The number of nitrogens with one attached hydrogen (secondary N) is 5. The van der Waals surface area contributed by atoms with E-state index < -0.39 is 0 Å². The highest BCUT2D eigenvalue weighted by atomic mass is 15.1. The van der Waals surface area contributed by atoms with E-state index in [9.17, 15) is 0 Å². The highest BCUT2D eigenvalue weighted by molar-refractivity contribution is 5.76. The first-order valence-corrected chi connectivity index (χ1v) is 9.54. The number of hydrogen-bond donors (Lipinski definition) is 6. The molecule has 0 aliphatic rings. The summed E-state index contributed by atoms with van der Waals surface area (Å²) in [7, 11) is 0. The van der Waals surface area contributed by atoms with Gasteiger partial charge in [-0.05, 0) is 64.0 Å². The molecule has 0 atom stereocenters. The largest absolute Gasteiger partial charge is 0.357 e. The summed E-state index contributed by atoms with van der Waals surface area (Å²) in [4.78, 5) is 0. The molecular weight excluding hydrogens is 312 g/mol. The molecule has 25 heavy (non-hydrogen) atoms. The number of rotatable bonds is 15. The molecule has 0 aliphatic heterocycles. The Morgan fingerprint density at radius 1 is 0.760 bits per heavy atom. The molecule has 0 radical (unpaired) electrons. The van der Waals surface area contributed by atoms with Crippen LogP contribution >= 0.6 is 0 Å². The van der Waals surface area contributed by atoms with Gasteiger partial charge in [-0.1, -0.05) is 36.8 Å². The third-order valence-corrected chi connectivity index (χ3v) is 3.91. The minimum atomic E-state index is 0.394. The van der Waals surface area contributed by atoms with Crippen LogP contribution in [0, 0.1) is 5.41 Å². The summed E-state index contributed by atoms with van der Waals surface area (Å²) in [5.74, 6) is 0.394. The van der Waals surface area contributed by atoms with Gasteiger partial charge in [0.1, 0.15) is 0 Å². The quantitative estimate of drug-likeness (QED) is 0.163. The van der Waals surface area contributed by atoms with Gasteiger partial charge < -0.3 is 27.0 Å². The van der Waals surface area contributed by atoms with E-state index in [4.69, 9.17) is 11.1 Å². The van der Waals surface area contributed by atoms with Crippen molar-refractivity contribution < 1.29 is 0 Å². The van der Waals surface area contributed by atoms with Gasteiger partial charge in [0.15, 0.2) is 5.96 Å². The molecule has 0 fully saturated rings. The molecule has 142 valence electrons. The summed E-state index contributed by atoms with van der Waals surface area (Å²) in [5.41, 5.74) is 6.63. The zero-order valence-electron chi connectivity index (χ0n) is 15.4. The van der Waals surface area contributed by atoms with E-state index in [1.807, 2.05) is 18.2 Å². The lowest BCUT2D eigenvalue weighted by molar-refractivity contribution is 0.559. The van der Waals surface area contributed by atoms with Gasteiger partial charge in [-0.2, -0.15) is 0 Å². The topological polar surface area (TPSA) is 98.0 Å². The van der Waals surface area contributed by atoms with Crippen LogP contribution in [0.2, 0.25) is 0 Å². The molecule has 1 aromatic carbocycles. The van der Waals surface area contributed by atoms with E-state index in [1.165, 1.54) is 24.8 Å². The fourth-order valence-corrected chi connectivity index (χ4v) is 2.43. The molecule has 0 aliphatic carbocycles. The third-order valence-electron chi connectivity index (χ3n) is 3.91. The maximum absolute atomic E-state index is 7.84. The summed E-state index contributed by atoms with van der Waals surface area (Å²) in [6.07, 6.45) is 5.80. The lowest BCUT2D eigenvalue weighted by atomic mass is 10.2. The number of guanidine groups is 1. The summed E-state index contributed by atoms with van der Waals surface area (Å²) >= 11 is 0. The fourth-order valence-electron chi connectivity index (χ4n) is 2.43. The van der Waals surface area contributed by atoms with Crippen LogP contribution in [0.5, 0.6) is 0 Å². The molecule has 0 bridgehead atoms. The first kappa shape index (κ1) is 21.4. The normalized spacial score (nSPS) is 10.6. The SMILES string of the molecule is N=C(NCCCNCCCCCNCCCN)NCc1ccccc1. The van der Waals surface area contributed by atoms with Crippen LogP contribution in [0.15, 0.2) is 30.3 Å². The molecule has 0 amide bonds. The van der Waals surface area contributed by atoms with Crippen LogP contribution in [-0.2, 0) is 6.54 Å². The van der Waals surface area contributed by atoms with Gasteiger partial charge in [0.25, 0.3) is 0 Å². The lowest BCUT2D eigenvalue weighted by Crippen LogP contribution is -2.37. The second-order valence-electron chi connectivity index (χ2n) is 6.20. The Morgan fingerprint density at radius 2 is 1.40 bits per heavy atom. The summed E-state index contributed by atoms with van der Waals surface area (Å²) in [6, 6.07) is 10.1. The van der Waals surface area contributed by atoms with Gasteiger partial charge in [0.2, 0.25) is 0 Å². The highest BCUT2D eigenvalue weighted by Crippen LogP contribution is 1.96. The first-order chi connectivity index (χ1) is 12.3. The van der Waals surface area contributed by atoms with Crippen LogP contribution in [0.3, 0.4) is 0 Å². The predicted octanol–water partition coefficient (Wildman–Crippen LogP) is 1.39. The van der Waals surface area contributed by atoms with Crippen molar-refractivity contribution in [1.29, 1.82) is 5.41 Å². The van der Waals surface area contributed by atoms with Gasteiger partial charge >= 0.3 is 0 Å². The van der Waals surface area contributed by atoms with Crippen LogP contribution in [0.25, 0.3) is 0 Å². The van der Waals surface area contributed by atoms with Crippen molar-refractivity contribution >= 4 is 5.96 Å². The van der Waals surface area contributed by atoms with E-state index >= 15 is 0 Å². The van der Waals surface area contributed by atoms with Crippen LogP contribution in [0.1, 0.15) is 37.7 Å². The third kappa shape index (κ3) is 13.3. The van der Waals surface area contributed by atoms with Gasteiger partial charge in [0, 0.05) is 13.1 Å². The van der Waals surface area contributed by atoms with E-state index in [0.29, 0.717) is 12.5 Å². The van der Waals surface area contributed by atoms with E-state index in [2.05, 4.69) is 33.4 Å². The molecule has 0 unspecified atom stereocenters. The molecule has 1 rings (SSSR count). The molecule has 0 saturated heterocycles. The average Bonchev–Trinajstić information content (AvgIpc) is 2.64. The fraction of sp³-hybridized carbons (Fsp3) is 0.632. The van der Waals surface area contributed by atoms with Crippen molar-refractivity contribution in [3.63, 3.8) is 0 Å². The van der Waals surface area contributed by atoms with Crippen LogP contribution < -0.4 is 27.0 Å². The van der Waals surface area contributed by atoms with Crippen molar-refractivity contribution in [3.05, 3.63) is 35.9 Å². The standard InChI is InChI=1S/C19H36N6/c20-11-7-14-22-12-5-2-6-13-23-15-8-16-24-19(21)25-17-18-9-3-1-4-10-18/h1,3-4,9-10,22-23H,2,5-8,11-17,20H2,(H3,21,24,25). The number of nitrogens with two attached hydrogens (primary N) is 1. The number of unbranched alkanes of at least 4 members (excludes halogenated alkanes) is 2. The predicted molar refractivity (Wildman–Crippen MR) is 107 cm³/mol. The molecule has 0 spiro atoms. The summed E-state index contributed by atoms with van der Waals surface area (Å²) in [5, 5.41) is 20.9. The van der Waals surface area contributed by atoms with Crippen molar-refractivity contribution in [3.8, 4) is 0 Å². The first-order valence-electron chi connectivity index (χ1n) is 9.54. The van der Waals surface area contributed by atoms with Gasteiger partial charge in [-0.15, -0.1) is 0 Å². The van der Waals surface area contributed by atoms with Crippen molar-refractivity contribution in [2.24, 2.45) is 5.73 Å². The van der Waals surface area contributed by atoms with Gasteiger partial charge in [-0.25, -0.2) is 0 Å². The highest BCUT2D eigenvalue weighted by Gasteiger charge is 1.96. The van der Waals surface area contributed by atoms with Gasteiger partial charge in [0.05, 0.1) is 0 Å². The molecule has 6 nitrogen and oxygen atoms in total. The Kier molecular flexibility index (Phi) is 13.6. The Labute approximate surface area is 152 Å². The zero-order valence-corrected chi connectivity index (χ0v) is 15.4. The number of hydrogen-bond acceptors (Lipinski definition) is 4. The van der Waals surface area contributed by atoms with Crippen molar-refractivity contribution in [2.45, 2.75) is 38.6 Å². The summed E-state index contributed by atoms with van der Waals surface area (Å²) < 4.78 is 0. The maximum Gasteiger partial charge on any atom is 0.188 e. The molecule has 7 N–H and O–H groups in total. The maximum atomic E-state index is 7.84. The Morgan fingerprint density at radius 3 is 2.08 bits per heavy atom. The van der Waals surface area contributed by atoms with E-state index in [0.717, 1.165) is 52.1 Å². The molecule has 1 aromatic rings. The smallest absolute Gasteiger partial charge is 0.188 e. The van der Waals surface area contributed by atoms with Crippen molar-refractivity contribution in [1.82, 2.24) is 21.3 Å². The van der Waals surface area contributed by atoms with E-state index in [-0.39, 0.29) is 0 Å². The molecule has 0 saturated carbocycles. The Balaban J connectivity index is 1.80. The monoisotopic (exact) mass is 348 g/mol. The average molecular weight is 349 g/mol. The summed E-state index contributed by atoms with van der Waals surface area (Å²) in [6.45, 7) is 6.48. The second kappa shape index (κ2) is 15.9. The molecule has 6 heteroatoms. The lowest BCUT2D eigenvalue weighted by Gasteiger charge is -2.11. The van der Waals surface area contributed by atoms with E-state index in [1.54, 1.807) is 0 Å². The molecular formula is C19H36N6.